The molecule has 2 aromatic carbocycles. The molecule has 1 atom stereocenters. The average Bonchev–Trinajstić information content (AvgIpc) is 2.76. The molecule has 4 N–H and O–H groups in total. The van der Waals surface area contributed by atoms with Gasteiger partial charge >= 0.3 is 13.7 Å². The number of nitrogen functional groups attached to an aromatic ring is 1. The van der Waals surface area contributed by atoms with Gasteiger partial charge in [0.2, 0.25) is 0 Å². The molecule has 0 aliphatic heterocycles. The van der Waals surface area contributed by atoms with Gasteiger partial charge in [0.25, 0.3) is 0 Å². The quantitative estimate of drug-likeness (QED) is 0.251. The first-order valence-electron chi connectivity index (χ1n) is 10.2. The summed E-state index contributed by atoms with van der Waals surface area (Å²) in [6.45, 7) is 3.90. The Labute approximate surface area is 183 Å². The summed E-state index contributed by atoms with van der Waals surface area (Å²) in [5.74, 6) is -0.882. The van der Waals surface area contributed by atoms with E-state index >= 15 is 0 Å². The summed E-state index contributed by atoms with van der Waals surface area (Å²) < 4.78 is 29.5. The molecule has 8 nitrogen and oxygen atoms in total. The molecule has 1 amide bonds. The maximum absolute atomic E-state index is 13.3. The van der Waals surface area contributed by atoms with E-state index in [1.54, 1.807) is 26.0 Å². The van der Waals surface area contributed by atoms with E-state index in [2.05, 4.69) is 5.32 Å². The van der Waals surface area contributed by atoms with Crippen LogP contribution in [-0.4, -0.2) is 30.9 Å². The number of hydrogen-bond donors (Lipinski definition) is 3. The van der Waals surface area contributed by atoms with E-state index in [-0.39, 0.29) is 25.7 Å². The van der Waals surface area contributed by atoms with Crippen molar-refractivity contribution < 1.29 is 23.1 Å². The summed E-state index contributed by atoms with van der Waals surface area (Å²) in [6, 6.07) is 16.5. The number of benzene rings is 2. The summed E-state index contributed by atoms with van der Waals surface area (Å²) in [5.41, 5.74) is 7.89. The number of carbonyl (C=O) groups is 1. The first kappa shape index (κ1) is 24.6. The molecule has 0 saturated carbocycles. The molecule has 0 aromatic heterocycles. The molecule has 0 radical (unpaired) electrons. The van der Waals surface area contributed by atoms with Crippen molar-refractivity contribution in [2.24, 2.45) is 5.73 Å². The lowest BCUT2D eigenvalue weighted by Crippen LogP contribution is -2.36. The SMILES string of the molecule is CCOP(=O)(OCC)C(CCc1ccc(C(=N)N)cc1)NC(=O)OCc1ccccc1. The lowest BCUT2D eigenvalue weighted by molar-refractivity contribution is 0.134. The van der Waals surface area contributed by atoms with Gasteiger partial charge in [0.05, 0.1) is 13.2 Å². The maximum Gasteiger partial charge on any atom is 0.408 e. The van der Waals surface area contributed by atoms with Crippen molar-refractivity contribution in [2.75, 3.05) is 13.2 Å². The lowest BCUT2D eigenvalue weighted by atomic mass is 10.1. The molecule has 0 aliphatic rings. The number of amidine groups is 1. The van der Waals surface area contributed by atoms with Crippen molar-refractivity contribution in [1.82, 2.24) is 5.32 Å². The number of aryl methyl sites for hydroxylation is 1. The minimum absolute atomic E-state index is 0.00977. The van der Waals surface area contributed by atoms with E-state index in [4.69, 9.17) is 24.9 Å². The topological polar surface area (TPSA) is 124 Å². The predicted octanol–water partition coefficient (Wildman–Crippen LogP) is 4.42. The zero-order chi connectivity index (χ0) is 22.7. The van der Waals surface area contributed by atoms with Gasteiger partial charge < -0.3 is 24.8 Å². The third kappa shape index (κ3) is 7.83. The number of ether oxygens (including phenoxy) is 1. The fourth-order valence-electron chi connectivity index (χ4n) is 2.94. The van der Waals surface area contributed by atoms with Gasteiger partial charge in [-0.25, -0.2) is 4.79 Å². The number of amides is 1. The highest BCUT2D eigenvalue weighted by atomic mass is 31.2. The van der Waals surface area contributed by atoms with Crippen molar-refractivity contribution >= 4 is 19.5 Å². The average molecular weight is 447 g/mol. The van der Waals surface area contributed by atoms with Crippen LogP contribution in [0.1, 0.15) is 37.0 Å². The highest BCUT2D eigenvalue weighted by molar-refractivity contribution is 7.54. The van der Waals surface area contributed by atoms with Gasteiger partial charge in [-0.05, 0) is 37.8 Å². The second-order valence-corrected chi connectivity index (χ2v) is 8.97. The number of rotatable bonds is 12. The number of nitrogens with one attached hydrogen (secondary N) is 2. The highest BCUT2D eigenvalue weighted by Crippen LogP contribution is 2.53. The Balaban J connectivity index is 2.08. The van der Waals surface area contributed by atoms with Crippen LogP contribution in [0.3, 0.4) is 0 Å². The molecule has 168 valence electrons. The molecule has 0 heterocycles. The van der Waals surface area contributed by atoms with E-state index < -0.39 is 19.5 Å². The monoisotopic (exact) mass is 447 g/mol. The zero-order valence-electron chi connectivity index (χ0n) is 17.9. The van der Waals surface area contributed by atoms with Crippen molar-refractivity contribution in [2.45, 2.75) is 39.1 Å². The zero-order valence-corrected chi connectivity index (χ0v) is 18.8. The number of carbonyl (C=O) groups excluding carboxylic acids is 1. The van der Waals surface area contributed by atoms with Gasteiger partial charge in [0.15, 0.2) is 0 Å². The van der Waals surface area contributed by atoms with Gasteiger partial charge in [-0.2, -0.15) is 0 Å². The number of hydrogen-bond acceptors (Lipinski definition) is 6. The Kier molecular flexibility index (Phi) is 9.72. The summed E-state index contributed by atoms with van der Waals surface area (Å²) in [4.78, 5) is 12.4. The Morgan fingerprint density at radius 3 is 2.19 bits per heavy atom. The third-order valence-corrected chi connectivity index (χ3v) is 6.86. The molecule has 0 saturated heterocycles. The van der Waals surface area contributed by atoms with Crippen molar-refractivity contribution in [1.29, 1.82) is 5.41 Å². The van der Waals surface area contributed by atoms with Crippen LogP contribution in [0, 0.1) is 5.41 Å². The van der Waals surface area contributed by atoms with Crippen molar-refractivity contribution in [3.8, 4) is 0 Å². The summed E-state index contributed by atoms with van der Waals surface area (Å²) in [7, 11) is -3.61. The first-order valence-corrected chi connectivity index (χ1v) is 11.8. The first-order chi connectivity index (χ1) is 14.9. The smallest absolute Gasteiger partial charge is 0.408 e. The Morgan fingerprint density at radius 2 is 1.65 bits per heavy atom. The maximum atomic E-state index is 13.3. The van der Waals surface area contributed by atoms with Crippen LogP contribution in [0.2, 0.25) is 0 Å². The molecule has 0 aliphatic carbocycles. The molecule has 1 unspecified atom stereocenters. The molecule has 0 fully saturated rings. The van der Waals surface area contributed by atoms with Crippen LogP contribution in [0.25, 0.3) is 0 Å². The standard InChI is InChI=1S/C22H30N3O5P/c1-3-29-31(27,30-4-2)20(15-12-17-10-13-19(14-11-17)21(23)24)25-22(26)28-16-18-8-6-5-7-9-18/h5-11,13-14,20H,3-4,12,15-16H2,1-2H3,(H3,23,24)(H,25,26). The second-order valence-electron chi connectivity index (χ2n) is 6.75. The minimum Gasteiger partial charge on any atom is -0.445 e. The van der Waals surface area contributed by atoms with Crippen LogP contribution >= 0.6 is 7.60 Å². The van der Waals surface area contributed by atoms with Crippen LogP contribution in [0.15, 0.2) is 54.6 Å². The van der Waals surface area contributed by atoms with Gasteiger partial charge in [-0.15, -0.1) is 0 Å². The molecular weight excluding hydrogens is 417 g/mol. The van der Waals surface area contributed by atoms with E-state index in [0.29, 0.717) is 18.4 Å². The Hall–Kier alpha value is -2.67. The van der Waals surface area contributed by atoms with E-state index in [9.17, 15) is 9.36 Å². The largest absolute Gasteiger partial charge is 0.445 e. The van der Waals surface area contributed by atoms with Gasteiger partial charge in [0.1, 0.15) is 18.2 Å². The van der Waals surface area contributed by atoms with Crippen molar-refractivity contribution in [3.05, 3.63) is 71.3 Å². The van der Waals surface area contributed by atoms with Crippen LogP contribution in [-0.2, 0) is 31.4 Å². The molecule has 9 heteroatoms. The second kappa shape index (κ2) is 12.2. The van der Waals surface area contributed by atoms with Crippen molar-refractivity contribution in [3.63, 3.8) is 0 Å². The highest BCUT2D eigenvalue weighted by Gasteiger charge is 2.37. The molecule has 31 heavy (non-hydrogen) atoms. The molecule has 0 spiro atoms. The Morgan fingerprint density at radius 1 is 1.03 bits per heavy atom. The van der Waals surface area contributed by atoms with E-state index in [0.717, 1.165) is 11.1 Å². The molecule has 2 rings (SSSR count). The van der Waals surface area contributed by atoms with Crippen LogP contribution in [0.5, 0.6) is 0 Å². The molecule has 2 aromatic rings. The normalized spacial score (nSPS) is 12.2. The van der Waals surface area contributed by atoms with E-state index in [1.165, 1.54) is 0 Å². The summed E-state index contributed by atoms with van der Waals surface area (Å²) in [6.07, 6.45) is 0.128. The van der Waals surface area contributed by atoms with Gasteiger partial charge in [0, 0.05) is 5.56 Å². The lowest BCUT2D eigenvalue weighted by Gasteiger charge is -2.27. The fraction of sp³-hybridized carbons (Fsp3) is 0.364. The number of nitrogens with two attached hydrogens (primary N) is 1. The van der Waals surface area contributed by atoms with Gasteiger partial charge in [-0.3, -0.25) is 9.97 Å². The molecular formula is C22H30N3O5P. The fourth-order valence-corrected chi connectivity index (χ4v) is 4.80. The van der Waals surface area contributed by atoms with E-state index in [1.807, 2.05) is 42.5 Å². The predicted molar refractivity (Wildman–Crippen MR) is 120 cm³/mol. The third-order valence-electron chi connectivity index (χ3n) is 4.47. The number of alkyl carbamates (subject to hydrolysis) is 1. The molecule has 0 bridgehead atoms. The Bertz CT molecular complexity index is 880. The summed E-state index contributed by atoms with van der Waals surface area (Å²) >= 11 is 0. The summed E-state index contributed by atoms with van der Waals surface area (Å²) in [5, 5.41) is 10.1. The minimum atomic E-state index is -3.61. The van der Waals surface area contributed by atoms with Gasteiger partial charge in [-0.1, -0.05) is 54.6 Å². The van der Waals surface area contributed by atoms with Crippen LogP contribution in [0.4, 0.5) is 4.79 Å². The van der Waals surface area contributed by atoms with Crippen LogP contribution < -0.4 is 11.1 Å².